The fraction of sp³-hybridized carbons (Fsp3) is 0.273. The van der Waals surface area contributed by atoms with E-state index in [1.807, 2.05) is 6.92 Å². The van der Waals surface area contributed by atoms with E-state index in [4.69, 9.17) is 16.7 Å². The molecule has 0 bridgehead atoms. The highest BCUT2D eigenvalue weighted by Crippen LogP contribution is 2.22. The Morgan fingerprint density at radius 3 is 2.44 bits per heavy atom. The summed E-state index contributed by atoms with van der Waals surface area (Å²) in [7, 11) is 0. The van der Waals surface area contributed by atoms with Crippen LogP contribution in [0, 0.1) is 6.92 Å². The molecule has 1 rings (SSSR count). The third-order valence-corrected chi connectivity index (χ3v) is 5.16. The number of aliphatic carboxylic acids is 1. The number of alkyl halides is 2. The SMILES string of the molecule is Cc1ccc(NC(=O)[C@H](Br)[C@@H](Br)C(=O)O)cc1Cl. The smallest absolute Gasteiger partial charge is 0.318 e. The topological polar surface area (TPSA) is 66.4 Å². The second-order valence-electron chi connectivity index (χ2n) is 3.59. The van der Waals surface area contributed by atoms with E-state index in [1.54, 1.807) is 18.2 Å². The third-order valence-electron chi connectivity index (χ3n) is 2.18. The number of halogens is 3. The van der Waals surface area contributed by atoms with Crippen molar-refractivity contribution in [2.75, 3.05) is 5.32 Å². The van der Waals surface area contributed by atoms with Crippen LogP contribution in [0.4, 0.5) is 5.69 Å². The van der Waals surface area contributed by atoms with Gasteiger partial charge in [0.1, 0.15) is 9.65 Å². The van der Waals surface area contributed by atoms with Crippen molar-refractivity contribution in [2.45, 2.75) is 16.6 Å². The van der Waals surface area contributed by atoms with Gasteiger partial charge in [0.2, 0.25) is 5.91 Å². The quantitative estimate of drug-likeness (QED) is 0.764. The Kier molecular flexibility index (Phi) is 5.62. The molecule has 1 aromatic rings. The van der Waals surface area contributed by atoms with Crippen LogP contribution < -0.4 is 5.32 Å². The van der Waals surface area contributed by atoms with Crippen molar-refractivity contribution >= 4 is 61.0 Å². The van der Waals surface area contributed by atoms with Crippen LogP contribution in [0.5, 0.6) is 0 Å². The molecule has 0 aliphatic carbocycles. The van der Waals surface area contributed by atoms with Crippen LogP contribution >= 0.6 is 43.5 Å². The Morgan fingerprint density at radius 2 is 1.94 bits per heavy atom. The fourth-order valence-corrected chi connectivity index (χ4v) is 1.90. The van der Waals surface area contributed by atoms with Gasteiger partial charge in [0.25, 0.3) is 0 Å². The van der Waals surface area contributed by atoms with Crippen LogP contribution in [0.2, 0.25) is 5.02 Å². The van der Waals surface area contributed by atoms with Gasteiger partial charge in [0, 0.05) is 10.7 Å². The predicted octanol–water partition coefficient (Wildman–Crippen LogP) is 3.20. The molecule has 2 N–H and O–H groups in total. The van der Waals surface area contributed by atoms with Gasteiger partial charge in [-0.3, -0.25) is 9.59 Å². The van der Waals surface area contributed by atoms with Crippen molar-refractivity contribution in [3.05, 3.63) is 28.8 Å². The van der Waals surface area contributed by atoms with Crippen LogP contribution in [-0.4, -0.2) is 26.6 Å². The van der Waals surface area contributed by atoms with E-state index >= 15 is 0 Å². The van der Waals surface area contributed by atoms with Gasteiger partial charge in [-0.05, 0) is 24.6 Å². The monoisotopic (exact) mass is 397 g/mol. The fourth-order valence-electron chi connectivity index (χ4n) is 1.14. The lowest BCUT2D eigenvalue weighted by atomic mass is 10.2. The second kappa shape index (κ2) is 6.54. The average molecular weight is 399 g/mol. The molecule has 4 nitrogen and oxygen atoms in total. The maximum absolute atomic E-state index is 11.8. The summed E-state index contributed by atoms with van der Waals surface area (Å²) < 4.78 is 0. The Hall–Kier alpha value is -0.590. The molecule has 0 radical (unpaired) electrons. The summed E-state index contributed by atoms with van der Waals surface area (Å²) in [5.74, 6) is -1.58. The van der Waals surface area contributed by atoms with E-state index < -0.39 is 21.5 Å². The summed E-state index contributed by atoms with van der Waals surface area (Å²) in [6, 6.07) is 5.07. The zero-order valence-electron chi connectivity index (χ0n) is 9.28. The van der Waals surface area contributed by atoms with E-state index in [0.717, 1.165) is 5.56 Å². The first-order valence-electron chi connectivity index (χ1n) is 4.91. The lowest BCUT2D eigenvalue weighted by molar-refractivity contribution is -0.137. The molecule has 0 aliphatic heterocycles. The number of rotatable bonds is 4. The standard InChI is InChI=1S/C11H10Br2ClNO3/c1-5-2-3-6(4-7(5)14)15-10(16)8(12)9(13)11(17)18/h2-4,8-9H,1H3,(H,15,16)(H,17,18)/t8-,9-/m1/s1. The first kappa shape index (κ1) is 15.5. The van der Waals surface area contributed by atoms with E-state index in [2.05, 4.69) is 37.2 Å². The molecular weight excluding hydrogens is 389 g/mol. The van der Waals surface area contributed by atoms with E-state index in [0.29, 0.717) is 10.7 Å². The maximum Gasteiger partial charge on any atom is 0.318 e. The molecular formula is C11H10Br2ClNO3. The van der Waals surface area contributed by atoms with Gasteiger partial charge < -0.3 is 10.4 Å². The summed E-state index contributed by atoms with van der Waals surface area (Å²) in [4.78, 5) is 20.6. The molecule has 0 fully saturated rings. The number of hydrogen-bond donors (Lipinski definition) is 2. The molecule has 98 valence electrons. The second-order valence-corrected chi connectivity index (χ2v) is 5.98. The average Bonchev–Trinajstić information content (AvgIpc) is 2.31. The number of aryl methyl sites for hydroxylation is 1. The number of carboxylic acid groups (broad SMARTS) is 1. The molecule has 0 heterocycles. The van der Waals surface area contributed by atoms with Crippen molar-refractivity contribution in [3.8, 4) is 0 Å². The summed E-state index contributed by atoms with van der Waals surface area (Å²) in [5.41, 5.74) is 1.42. The van der Waals surface area contributed by atoms with Crippen molar-refractivity contribution in [1.29, 1.82) is 0 Å². The Morgan fingerprint density at radius 1 is 1.33 bits per heavy atom. The lowest BCUT2D eigenvalue weighted by Crippen LogP contribution is -2.34. The van der Waals surface area contributed by atoms with Crippen molar-refractivity contribution in [1.82, 2.24) is 0 Å². The molecule has 0 aromatic heterocycles. The van der Waals surface area contributed by atoms with Gasteiger partial charge in [-0.25, -0.2) is 0 Å². The largest absolute Gasteiger partial charge is 0.480 e. The van der Waals surface area contributed by atoms with Crippen molar-refractivity contribution in [2.24, 2.45) is 0 Å². The van der Waals surface area contributed by atoms with E-state index in [-0.39, 0.29) is 0 Å². The van der Waals surface area contributed by atoms with Crippen LogP contribution in [0.1, 0.15) is 5.56 Å². The Balaban J connectivity index is 2.75. The number of carboxylic acids is 1. The van der Waals surface area contributed by atoms with E-state index in [9.17, 15) is 9.59 Å². The van der Waals surface area contributed by atoms with Gasteiger partial charge in [-0.15, -0.1) is 0 Å². The molecule has 18 heavy (non-hydrogen) atoms. The number of benzene rings is 1. The first-order chi connectivity index (χ1) is 8.32. The number of amides is 1. The van der Waals surface area contributed by atoms with Crippen LogP contribution in [0.25, 0.3) is 0 Å². The Labute approximate surface area is 126 Å². The number of anilines is 1. The number of carbonyl (C=O) groups excluding carboxylic acids is 1. The lowest BCUT2D eigenvalue weighted by Gasteiger charge is -2.13. The predicted molar refractivity (Wildman–Crippen MR) is 77.9 cm³/mol. The molecule has 0 aliphatic rings. The van der Waals surface area contributed by atoms with Crippen LogP contribution in [-0.2, 0) is 9.59 Å². The molecule has 0 saturated carbocycles. The molecule has 0 unspecified atom stereocenters. The van der Waals surface area contributed by atoms with Gasteiger partial charge >= 0.3 is 5.97 Å². The molecule has 0 saturated heterocycles. The van der Waals surface area contributed by atoms with E-state index in [1.165, 1.54) is 0 Å². The minimum absolute atomic E-state index is 0.459. The summed E-state index contributed by atoms with van der Waals surface area (Å²) in [6.07, 6.45) is 0. The van der Waals surface area contributed by atoms with Gasteiger partial charge in [0.15, 0.2) is 0 Å². The minimum atomic E-state index is -1.12. The molecule has 7 heteroatoms. The molecule has 1 aromatic carbocycles. The summed E-state index contributed by atoms with van der Waals surface area (Å²) in [5, 5.41) is 11.9. The van der Waals surface area contributed by atoms with Crippen LogP contribution in [0.3, 0.4) is 0 Å². The highest BCUT2D eigenvalue weighted by molar-refractivity contribution is 9.12. The number of carbonyl (C=O) groups is 2. The summed E-state index contributed by atoms with van der Waals surface area (Å²) >= 11 is 11.9. The number of hydrogen-bond acceptors (Lipinski definition) is 2. The van der Waals surface area contributed by atoms with Crippen molar-refractivity contribution < 1.29 is 14.7 Å². The summed E-state index contributed by atoms with van der Waals surface area (Å²) in [6.45, 7) is 1.85. The van der Waals surface area contributed by atoms with Gasteiger partial charge in [0.05, 0.1) is 0 Å². The highest BCUT2D eigenvalue weighted by Gasteiger charge is 2.29. The third kappa shape index (κ3) is 3.96. The molecule has 1 amide bonds. The van der Waals surface area contributed by atoms with Crippen LogP contribution in [0.15, 0.2) is 18.2 Å². The molecule has 0 spiro atoms. The zero-order chi connectivity index (χ0) is 13.9. The highest BCUT2D eigenvalue weighted by atomic mass is 79.9. The first-order valence-corrected chi connectivity index (χ1v) is 7.12. The normalized spacial score (nSPS) is 13.8. The molecule has 2 atom stereocenters. The number of nitrogens with one attached hydrogen (secondary N) is 1. The van der Waals surface area contributed by atoms with Gasteiger partial charge in [-0.2, -0.15) is 0 Å². The minimum Gasteiger partial charge on any atom is -0.480 e. The van der Waals surface area contributed by atoms with Crippen molar-refractivity contribution in [3.63, 3.8) is 0 Å². The van der Waals surface area contributed by atoms with Gasteiger partial charge in [-0.1, -0.05) is 49.5 Å². The Bertz CT molecular complexity index is 481. The maximum atomic E-state index is 11.8. The zero-order valence-corrected chi connectivity index (χ0v) is 13.2.